The van der Waals surface area contributed by atoms with E-state index in [1.807, 2.05) is 34.0 Å². The van der Waals surface area contributed by atoms with E-state index in [4.69, 9.17) is 21.9 Å². The predicted octanol–water partition coefficient (Wildman–Crippen LogP) is 39.8. The van der Waals surface area contributed by atoms with Crippen molar-refractivity contribution in [3.05, 3.63) is 461 Å². The first-order chi connectivity index (χ1) is 71.0. The molecule has 0 aliphatic rings. The van der Waals surface area contributed by atoms with Gasteiger partial charge in [-0.2, -0.15) is 0 Å². The van der Waals surface area contributed by atoms with E-state index in [1.165, 1.54) is 269 Å². The highest BCUT2D eigenvalue weighted by molar-refractivity contribution is 7.26. The normalized spacial score (nSPS) is 11.9. The van der Waals surface area contributed by atoms with Crippen LogP contribution in [0.25, 0.3) is 247 Å². The van der Waals surface area contributed by atoms with E-state index >= 15 is 0 Å². The van der Waals surface area contributed by atoms with Crippen molar-refractivity contribution in [2.75, 3.05) is 0 Å². The fraction of sp³-hybridized carbons (Fsp3) is 0.0240. The largest absolute Gasteiger partial charge is 0.135 e. The molecule has 0 unspecified atom stereocenters. The highest BCUT2D eigenvalue weighted by atomic mass is 32.1. The molecule has 0 fully saturated rings. The molecule has 0 N–H and O–H groups in total. The molecule has 26 aromatic rings. The average Bonchev–Trinajstić information content (AvgIpc) is 1.40. The number of thiophene rings is 3. The van der Waals surface area contributed by atoms with Crippen LogP contribution in [0.5, 0.6) is 0 Å². The van der Waals surface area contributed by atoms with E-state index in [0.717, 1.165) is 0 Å². The van der Waals surface area contributed by atoms with Gasteiger partial charge in [0, 0.05) is 82.4 Å². The minimum absolute atomic E-state index is 1.25. The molecule has 0 aliphatic carbocycles. The van der Waals surface area contributed by atoms with Crippen molar-refractivity contribution in [2.45, 2.75) is 22.2 Å². The Kier molecular flexibility index (Phi) is 18.5. The quantitative estimate of drug-likeness (QED) is 0.126. The van der Waals surface area contributed by atoms with E-state index in [2.05, 4.69) is 461 Å². The molecule has 3 heteroatoms. The molecule has 0 nitrogen and oxygen atoms in total. The lowest BCUT2D eigenvalue weighted by atomic mass is 9.85. The van der Waals surface area contributed by atoms with E-state index in [1.54, 1.807) is 0 Å². The van der Waals surface area contributed by atoms with Crippen LogP contribution in [-0.4, -0.2) is 0 Å². The molecular weight excluding hydrogens is 1600 g/mol. The average molecular weight is 1710 g/mol. The van der Waals surface area contributed by atoms with Gasteiger partial charge in [0.15, 0.2) is 0 Å². The van der Waals surface area contributed by atoms with E-state index in [9.17, 15) is 0 Å². The number of hydrogen-bond acceptors (Lipinski definition) is 3. The van der Waals surface area contributed by atoms with Gasteiger partial charge >= 0.3 is 0 Å². The van der Waals surface area contributed by atoms with Gasteiger partial charge in [-0.3, -0.25) is 0 Å². The van der Waals surface area contributed by atoms with Gasteiger partial charge in [-0.05, 0) is 229 Å². The molecule has 0 bridgehead atoms. The zero-order valence-electron chi connectivity index (χ0n) is 86.1. The number of benzene rings is 23. The minimum atomic E-state index is 1.25. The van der Waals surface area contributed by atoms with Gasteiger partial charge in [0.05, 0.1) is 0 Å². The summed E-state index contributed by atoms with van der Waals surface area (Å²) in [6, 6.07) is 169. The zero-order valence-corrected chi connectivity index (χ0v) is 73.6. The molecule has 0 saturated carbocycles. The van der Waals surface area contributed by atoms with Crippen molar-refractivity contribution in [1.29, 1.82) is 0 Å². The van der Waals surface area contributed by atoms with Crippen LogP contribution in [0.2, 0.25) is 0 Å². The first-order valence-corrected chi connectivity index (χ1v) is 45.4. The summed E-state index contributed by atoms with van der Waals surface area (Å²) in [6.07, 6.45) is 0. The maximum atomic E-state index is 5.75. The highest BCUT2D eigenvalue weighted by Gasteiger charge is 2.24. The second-order valence-electron chi connectivity index (χ2n) is 32.6. The van der Waals surface area contributed by atoms with Gasteiger partial charge in [0.25, 0.3) is 0 Å². The number of fused-ring (bicyclic) bond motifs is 17. The summed E-state index contributed by atoms with van der Waals surface area (Å²) in [7, 11) is 3.75. The standard InChI is InChI=1S/C46H28S.2C38H24S.3CH4.6H2/c1-2-13-31-27-32(24-23-29(31)11-1)44-37-16-5-7-18-39(37)45(40-19-8-6-17-38(40)44)33-25-26-41-43(28-33)47-42-22-10-21-36(46(41)42)35-20-9-14-30-12-3-4-15-34(30)35;1-3-12-25(13-4-1)28-20-11-21-34-38(28)33-23-22-27(24-35(33)39-34)37-31-18-9-7-16-29(31)36(26-14-5-2-6-15-26)30-17-8-10-19-32(30)37;1-3-11-25(12-4-1)27-19-21-29-30-22-20-28(24-36(30)39-35(29)23-27)38-33-17-9-7-15-31(33)37(26-13-5-2-6-14-26)32-16-8-10-18-34(32)38;;;;;;;;;/h1-28H;2*1-24H;3*1H4;6*1H/i;;;3*1D;6*1+1D. The smallest absolute Gasteiger partial charge is 0.0361 e. The number of rotatable bonds is 9. The molecule has 0 amide bonds. The Bertz CT molecular complexity index is 8670. The minimum Gasteiger partial charge on any atom is -0.135 e. The first kappa shape index (κ1) is 70.1. The molecule has 618 valence electrons. The summed E-state index contributed by atoms with van der Waals surface area (Å²) in [6.45, 7) is 0. The van der Waals surface area contributed by atoms with Crippen LogP contribution < -0.4 is 0 Å². The van der Waals surface area contributed by atoms with E-state index in [0.29, 0.717) is 0 Å². The Morgan fingerprint density at radius 1 is 0.148 bits per heavy atom. The summed E-state index contributed by atoms with van der Waals surface area (Å²) < 4.78 is 85.2. The molecule has 3 heterocycles. The first-order valence-electron chi connectivity index (χ1n) is 51.9. The molecule has 0 aliphatic heterocycles. The van der Waals surface area contributed by atoms with Gasteiger partial charge in [0.2, 0.25) is 0 Å². The summed E-state index contributed by atoms with van der Waals surface area (Å²) in [5, 5.41) is 28.6. The maximum Gasteiger partial charge on any atom is 0.0361 e. The molecule has 3 aromatic heterocycles. The predicted molar refractivity (Wildman–Crippen MR) is 580 cm³/mol. The van der Waals surface area contributed by atoms with Crippen LogP contribution in [0.4, 0.5) is 0 Å². The monoisotopic (exact) mass is 1710 g/mol. The SMILES string of the molecule is [2H]C.[2H]C.[2H]C.[2H][2H].[2H][2H].[2H][2H].[2H][2H].[2H][2H].[2H][2H].c1ccc(-c2c3ccccc3c(-c3ccc4c(c3)sc3cccc(-c5ccccc5)c34)c3ccccc23)cc1.c1ccc(-c2ccc3c(c2)sc2cc(-c4c5ccccc5c(-c5ccccc5)c5ccccc45)ccc23)cc1.c1ccc2cc(-c3c4ccccc4c(-c4ccc5c(c4)sc4cccc(-c6cccc7ccccc67)c45)c4ccccc34)ccc2c1. The number of hydrogen-bond donors (Lipinski definition) is 0. The van der Waals surface area contributed by atoms with Gasteiger partial charge in [-0.25, -0.2) is 0 Å². The van der Waals surface area contributed by atoms with Crippen LogP contribution in [0.15, 0.2) is 461 Å². The van der Waals surface area contributed by atoms with Crippen LogP contribution in [-0.2, 0) is 0 Å². The molecule has 0 spiro atoms. The van der Waals surface area contributed by atoms with Gasteiger partial charge in [0.1, 0.15) is 0 Å². The maximum absolute atomic E-state index is 5.75. The lowest BCUT2D eigenvalue weighted by Gasteiger charge is -2.18. The summed E-state index contributed by atoms with van der Waals surface area (Å²) in [5.41, 5.74) is 23.1. The van der Waals surface area contributed by atoms with Crippen LogP contribution in [0.1, 0.15) is 44.1 Å². The molecule has 26 rings (SSSR count). The topological polar surface area (TPSA) is 0 Å². The van der Waals surface area contributed by atoms with Crippen molar-refractivity contribution in [2.24, 2.45) is 0 Å². The van der Waals surface area contributed by atoms with Gasteiger partial charge < -0.3 is 0 Å². The third-order valence-electron chi connectivity index (χ3n) is 25.6. The summed E-state index contributed by atoms with van der Waals surface area (Å²) in [4.78, 5) is 0. The Morgan fingerprint density at radius 2 is 0.406 bits per heavy atom. The van der Waals surface area contributed by atoms with Crippen molar-refractivity contribution < 1.29 is 21.9 Å². The highest BCUT2D eigenvalue weighted by Crippen LogP contribution is 2.52. The van der Waals surface area contributed by atoms with Crippen molar-refractivity contribution in [1.82, 2.24) is 0 Å². The van der Waals surface area contributed by atoms with Gasteiger partial charge in [-0.15, -0.1) is 34.0 Å². The lowest BCUT2D eigenvalue weighted by Crippen LogP contribution is -1.91. The Balaban J connectivity index is 0.000000150. The Hall–Kier alpha value is -15.2. The molecule has 0 radical (unpaired) electrons. The fourth-order valence-corrected chi connectivity index (χ4v) is 23.6. The van der Waals surface area contributed by atoms with Crippen LogP contribution >= 0.6 is 34.0 Å². The van der Waals surface area contributed by atoms with Crippen LogP contribution in [0, 0.1) is 0 Å². The fourth-order valence-electron chi connectivity index (χ4n) is 20.1. The second kappa shape index (κ2) is 33.7. The van der Waals surface area contributed by atoms with Gasteiger partial charge in [-0.1, -0.05) is 441 Å². The van der Waals surface area contributed by atoms with Crippen LogP contribution in [0.3, 0.4) is 0 Å². The molecule has 128 heavy (non-hydrogen) atoms. The van der Waals surface area contributed by atoms with Crippen molar-refractivity contribution in [3.63, 3.8) is 0 Å². The van der Waals surface area contributed by atoms with E-state index in [-0.39, 0.29) is 0 Å². The molecule has 23 aromatic carbocycles. The Labute approximate surface area is 780 Å². The zero-order chi connectivity index (χ0) is 100. The Morgan fingerprint density at radius 3 is 0.820 bits per heavy atom. The van der Waals surface area contributed by atoms with Crippen molar-refractivity contribution in [3.8, 4) is 100 Å². The van der Waals surface area contributed by atoms with E-state index < -0.39 is 0 Å². The summed E-state index contributed by atoms with van der Waals surface area (Å²) in [5.74, 6) is 0. The summed E-state index contributed by atoms with van der Waals surface area (Å²) >= 11 is 5.68. The lowest BCUT2D eigenvalue weighted by molar-refractivity contribution is 1.66. The van der Waals surface area contributed by atoms with Crippen molar-refractivity contribution >= 4 is 181 Å². The second-order valence-corrected chi connectivity index (χ2v) is 35.8. The molecule has 0 atom stereocenters. The molecular formula is C125H100S3. The molecule has 0 saturated heterocycles. The third kappa shape index (κ3) is 13.7. The third-order valence-corrected chi connectivity index (χ3v) is 28.9.